The number of carbonyl (C=O) groups is 2. The van der Waals surface area contributed by atoms with Crippen LogP contribution < -0.4 is 5.32 Å². The Labute approximate surface area is 141 Å². The lowest BCUT2D eigenvalue weighted by molar-refractivity contribution is -0.139. The molecule has 1 fully saturated rings. The van der Waals surface area contributed by atoms with Crippen molar-refractivity contribution in [3.8, 4) is 0 Å². The minimum Gasteiger partial charge on any atom is -0.378 e. The molecule has 0 saturated carbocycles. The second-order valence-corrected chi connectivity index (χ2v) is 6.16. The molecule has 1 aromatic heterocycles. The Morgan fingerprint density at radius 2 is 1.96 bits per heavy atom. The van der Waals surface area contributed by atoms with Gasteiger partial charge < -0.3 is 19.5 Å². The molecule has 0 bridgehead atoms. The van der Waals surface area contributed by atoms with E-state index >= 15 is 0 Å². The van der Waals surface area contributed by atoms with E-state index in [1.165, 1.54) is 0 Å². The molecule has 128 valence electrons. The van der Waals surface area contributed by atoms with Crippen molar-refractivity contribution in [1.82, 2.24) is 14.8 Å². The number of morpholine rings is 1. The first-order valence-corrected chi connectivity index (χ1v) is 8.27. The molecular formula is C18H23N3O3. The van der Waals surface area contributed by atoms with Gasteiger partial charge in [-0.15, -0.1) is 0 Å². The lowest BCUT2D eigenvalue weighted by Gasteiger charge is -2.29. The minimum absolute atomic E-state index is 0.0549. The highest BCUT2D eigenvalue weighted by Crippen LogP contribution is 2.18. The predicted octanol–water partition coefficient (Wildman–Crippen LogP) is 1.31. The first-order valence-electron chi connectivity index (χ1n) is 8.27. The van der Waals surface area contributed by atoms with Gasteiger partial charge in [-0.05, 0) is 31.4 Å². The van der Waals surface area contributed by atoms with Crippen LogP contribution in [0.25, 0.3) is 10.9 Å². The second-order valence-electron chi connectivity index (χ2n) is 6.16. The van der Waals surface area contributed by atoms with E-state index in [9.17, 15) is 9.59 Å². The van der Waals surface area contributed by atoms with Gasteiger partial charge in [0.05, 0.1) is 13.2 Å². The summed E-state index contributed by atoms with van der Waals surface area (Å²) in [7, 11) is 0. The number of nitrogens with zero attached hydrogens (tertiary/aromatic N) is 2. The van der Waals surface area contributed by atoms with Crippen LogP contribution in [0, 0.1) is 6.92 Å². The third-order valence-corrected chi connectivity index (χ3v) is 4.39. The highest BCUT2D eigenvalue weighted by molar-refractivity contribution is 5.88. The second kappa shape index (κ2) is 7.05. The zero-order valence-corrected chi connectivity index (χ0v) is 14.1. The number of ether oxygens (including phenoxy) is 1. The minimum atomic E-state index is -0.530. The number of hydrogen-bond donors (Lipinski definition) is 1. The Bertz CT molecular complexity index is 747. The molecule has 0 aliphatic carbocycles. The number of para-hydroxylation sites is 1. The molecule has 2 aromatic rings. The van der Waals surface area contributed by atoms with Crippen molar-refractivity contribution < 1.29 is 14.3 Å². The molecule has 3 rings (SSSR count). The molecule has 2 amide bonds. The molecule has 6 heteroatoms. The molecule has 2 heterocycles. The molecular weight excluding hydrogens is 306 g/mol. The van der Waals surface area contributed by atoms with E-state index in [-0.39, 0.29) is 18.4 Å². The summed E-state index contributed by atoms with van der Waals surface area (Å²) in [6.45, 7) is 6.20. The highest BCUT2D eigenvalue weighted by Gasteiger charge is 2.23. The molecule has 24 heavy (non-hydrogen) atoms. The fourth-order valence-corrected chi connectivity index (χ4v) is 3.11. The van der Waals surface area contributed by atoms with E-state index < -0.39 is 6.04 Å². The number of aromatic nitrogens is 1. The molecule has 1 aromatic carbocycles. The highest BCUT2D eigenvalue weighted by atomic mass is 16.5. The summed E-state index contributed by atoms with van der Waals surface area (Å²) in [5.41, 5.74) is 2.05. The van der Waals surface area contributed by atoms with Crippen LogP contribution in [-0.2, 0) is 20.9 Å². The maximum absolute atomic E-state index is 12.4. The van der Waals surface area contributed by atoms with E-state index in [2.05, 4.69) is 11.4 Å². The Balaban J connectivity index is 1.64. The smallest absolute Gasteiger partial charge is 0.245 e. The third kappa shape index (κ3) is 3.43. The van der Waals surface area contributed by atoms with E-state index in [0.29, 0.717) is 26.3 Å². The lowest BCUT2D eigenvalue weighted by Crippen LogP contribution is -2.51. The normalized spacial score (nSPS) is 16.2. The summed E-state index contributed by atoms with van der Waals surface area (Å²) in [5.74, 6) is -0.214. The van der Waals surface area contributed by atoms with Gasteiger partial charge in [-0.3, -0.25) is 9.59 Å². The first kappa shape index (κ1) is 16.5. The molecule has 0 spiro atoms. The number of carbonyl (C=O) groups excluding carboxylic acids is 2. The molecule has 1 N–H and O–H groups in total. The molecule has 1 atom stereocenters. The number of benzene rings is 1. The number of amides is 2. The van der Waals surface area contributed by atoms with Crippen molar-refractivity contribution in [2.45, 2.75) is 26.4 Å². The van der Waals surface area contributed by atoms with E-state index in [0.717, 1.165) is 16.6 Å². The summed E-state index contributed by atoms with van der Waals surface area (Å²) in [6, 6.07) is 9.50. The van der Waals surface area contributed by atoms with Crippen LogP contribution in [0.15, 0.2) is 30.3 Å². The quantitative estimate of drug-likeness (QED) is 0.920. The van der Waals surface area contributed by atoms with Crippen molar-refractivity contribution >= 4 is 22.7 Å². The van der Waals surface area contributed by atoms with Crippen LogP contribution in [0.3, 0.4) is 0 Å². The lowest BCUT2D eigenvalue weighted by atomic mass is 10.2. The standard InChI is InChI=1S/C18H23N3O3/c1-13-11-15-5-3-4-6-16(15)21(13)12-17(22)19-14(2)18(23)20-7-9-24-10-8-20/h3-6,11,14H,7-10,12H2,1-2H3,(H,19,22)/t14-/m1/s1. The van der Waals surface area contributed by atoms with Gasteiger partial charge in [-0.1, -0.05) is 18.2 Å². The SMILES string of the molecule is Cc1cc2ccccc2n1CC(=O)N[C@H](C)C(=O)N1CCOCC1. The first-order chi connectivity index (χ1) is 11.6. The van der Waals surface area contributed by atoms with Crippen LogP contribution in [-0.4, -0.2) is 53.6 Å². The van der Waals surface area contributed by atoms with Crippen molar-refractivity contribution in [3.63, 3.8) is 0 Å². The molecule has 0 unspecified atom stereocenters. The van der Waals surface area contributed by atoms with E-state index in [1.807, 2.05) is 35.8 Å². The van der Waals surface area contributed by atoms with Gasteiger partial charge in [-0.25, -0.2) is 0 Å². The van der Waals surface area contributed by atoms with Gasteiger partial charge in [-0.2, -0.15) is 0 Å². The fourth-order valence-electron chi connectivity index (χ4n) is 3.11. The Morgan fingerprint density at radius 1 is 1.25 bits per heavy atom. The Hall–Kier alpha value is -2.34. The van der Waals surface area contributed by atoms with Crippen molar-refractivity contribution in [2.75, 3.05) is 26.3 Å². The van der Waals surface area contributed by atoms with Crippen LogP contribution in [0.1, 0.15) is 12.6 Å². The van der Waals surface area contributed by atoms with Gasteiger partial charge in [0.15, 0.2) is 0 Å². The third-order valence-electron chi connectivity index (χ3n) is 4.39. The fraction of sp³-hybridized carbons (Fsp3) is 0.444. The topological polar surface area (TPSA) is 63.6 Å². The summed E-state index contributed by atoms with van der Waals surface area (Å²) < 4.78 is 7.22. The monoisotopic (exact) mass is 329 g/mol. The summed E-state index contributed by atoms with van der Waals surface area (Å²) in [6.07, 6.45) is 0. The number of nitrogens with one attached hydrogen (secondary N) is 1. The average molecular weight is 329 g/mol. The van der Waals surface area contributed by atoms with Crippen molar-refractivity contribution in [3.05, 3.63) is 36.0 Å². The van der Waals surface area contributed by atoms with Gasteiger partial charge in [0.25, 0.3) is 0 Å². The van der Waals surface area contributed by atoms with E-state index in [4.69, 9.17) is 4.74 Å². The predicted molar refractivity (Wildman–Crippen MR) is 91.7 cm³/mol. The summed E-state index contributed by atoms with van der Waals surface area (Å²) in [4.78, 5) is 26.5. The van der Waals surface area contributed by atoms with Crippen LogP contribution in [0.4, 0.5) is 0 Å². The molecule has 1 saturated heterocycles. The van der Waals surface area contributed by atoms with E-state index in [1.54, 1.807) is 11.8 Å². The number of rotatable bonds is 4. The zero-order valence-electron chi connectivity index (χ0n) is 14.1. The van der Waals surface area contributed by atoms with Gasteiger partial charge in [0, 0.05) is 24.3 Å². The van der Waals surface area contributed by atoms with Gasteiger partial charge in [0.1, 0.15) is 12.6 Å². The molecule has 1 aliphatic heterocycles. The van der Waals surface area contributed by atoms with Crippen LogP contribution >= 0.6 is 0 Å². The van der Waals surface area contributed by atoms with Gasteiger partial charge in [0.2, 0.25) is 11.8 Å². The van der Waals surface area contributed by atoms with Crippen molar-refractivity contribution in [2.24, 2.45) is 0 Å². The van der Waals surface area contributed by atoms with Crippen molar-refractivity contribution in [1.29, 1.82) is 0 Å². The van der Waals surface area contributed by atoms with Gasteiger partial charge >= 0.3 is 0 Å². The summed E-state index contributed by atoms with van der Waals surface area (Å²) in [5, 5.41) is 3.93. The van der Waals surface area contributed by atoms with Crippen LogP contribution in [0.2, 0.25) is 0 Å². The number of hydrogen-bond acceptors (Lipinski definition) is 3. The van der Waals surface area contributed by atoms with Crippen LogP contribution in [0.5, 0.6) is 0 Å². The summed E-state index contributed by atoms with van der Waals surface area (Å²) >= 11 is 0. The average Bonchev–Trinajstić information content (AvgIpc) is 2.90. The Morgan fingerprint density at radius 3 is 2.71 bits per heavy atom. The maximum Gasteiger partial charge on any atom is 0.245 e. The largest absolute Gasteiger partial charge is 0.378 e. The number of aryl methyl sites for hydroxylation is 1. The number of fused-ring (bicyclic) bond motifs is 1. The Kier molecular flexibility index (Phi) is 4.85. The molecule has 0 radical (unpaired) electrons. The molecule has 6 nitrogen and oxygen atoms in total. The zero-order chi connectivity index (χ0) is 17.1. The molecule has 1 aliphatic rings. The maximum atomic E-state index is 12.4.